The van der Waals surface area contributed by atoms with Gasteiger partial charge in [-0.3, -0.25) is 14.1 Å². The van der Waals surface area contributed by atoms with E-state index in [4.69, 9.17) is 9.84 Å². The molecule has 1 aliphatic carbocycles. The smallest absolute Gasteiger partial charge is 0.319 e. The molecule has 3 heterocycles. The lowest BCUT2D eigenvalue weighted by molar-refractivity contribution is 0.0944. The van der Waals surface area contributed by atoms with Crippen molar-refractivity contribution in [1.29, 1.82) is 0 Å². The summed E-state index contributed by atoms with van der Waals surface area (Å²) in [6.45, 7) is 9.41. The van der Waals surface area contributed by atoms with Gasteiger partial charge in [-0.15, -0.1) is 10.2 Å². The van der Waals surface area contributed by atoms with Crippen molar-refractivity contribution in [2.45, 2.75) is 76.5 Å². The first-order valence-electron chi connectivity index (χ1n) is 16.4. The topological polar surface area (TPSA) is 133 Å². The highest BCUT2D eigenvalue weighted by molar-refractivity contribution is 5.97. The van der Waals surface area contributed by atoms with Crippen LogP contribution in [0.1, 0.15) is 98.4 Å². The summed E-state index contributed by atoms with van der Waals surface area (Å²) in [5, 5.41) is 26.9. The fraction of sp³-hybridized carbons (Fsp3) is 0.444. The average Bonchev–Trinajstić information content (AvgIpc) is 3.63. The van der Waals surface area contributed by atoms with E-state index in [9.17, 15) is 9.59 Å². The van der Waals surface area contributed by atoms with E-state index in [1.807, 2.05) is 48.7 Å². The van der Waals surface area contributed by atoms with Crippen LogP contribution in [-0.4, -0.2) is 63.3 Å². The molecular formula is C36H45N7O4. The quantitative estimate of drug-likeness (QED) is 0.201. The Morgan fingerprint density at radius 1 is 1.06 bits per heavy atom. The molecule has 0 spiro atoms. The van der Waals surface area contributed by atoms with E-state index < -0.39 is 0 Å². The average molecular weight is 640 g/mol. The third-order valence-electron chi connectivity index (χ3n) is 9.59. The number of fused-ring (bicyclic) bond motifs is 2. The van der Waals surface area contributed by atoms with Crippen LogP contribution in [0.15, 0.2) is 60.8 Å². The van der Waals surface area contributed by atoms with Crippen LogP contribution in [0.2, 0.25) is 0 Å². The molecule has 4 N–H and O–H groups in total. The number of hydrogen-bond donors (Lipinski definition) is 4. The summed E-state index contributed by atoms with van der Waals surface area (Å²) in [4.78, 5) is 28.4. The number of rotatable bonds is 8. The molecule has 11 nitrogen and oxygen atoms in total. The van der Waals surface area contributed by atoms with Crippen molar-refractivity contribution in [3.63, 3.8) is 0 Å². The predicted octanol–water partition coefficient (Wildman–Crippen LogP) is 5.47. The molecule has 6 rings (SSSR count). The molecule has 248 valence electrons. The lowest BCUT2D eigenvalue weighted by atomic mass is 9.85. The van der Waals surface area contributed by atoms with Crippen molar-refractivity contribution in [2.24, 2.45) is 0 Å². The van der Waals surface area contributed by atoms with Crippen molar-refractivity contribution in [3.8, 4) is 5.75 Å². The third kappa shape index (κ3) is 6.68. The highest BCUT2D eigenvalue weighted by Crippen LogP contribution is 2.40. The Kier molecular flexibility index (Phi) is 8.95. The second-order valence-electron chi connectivity index (χ2n) is 13.9. The number of ether oxygens (including phenoxy) is 1. The van der Waals surface area contributed by atoms with E-state index in [0.717, 1.165) is 53.3 Å². The number of aliphatic hydroxyl groups is 1. The number of benzene rings is 2. The summed E-state index contributed by atoms with van der Waals surface area (Å²) in [5.41, 5.74) is 4.26. The molecule has 1 saturated heterocycles. The van der Waals surface area contributed by atoms with Gasteiger partial charge in [-0.2, -0.15) is 0 Å². The van der Waals surface area contributed by atoms with E-state index in [1.54, 1.807) is 6.07 Å². The molecule has 2 aromatic heterocycles. The summed E-state index contributed by atoms with van der Waals surface area (Å²) in [5.74, 6) is 1.35. The van der Waals surface area contributed by atoms with Crippen molar-refractivity contribution in [2.75, 3.05) is 32.1 Å². The van der Waals surface area contributed by atoms with Crippen molar-refractivity contribution >= 4 is 23.3 Å². The van der Waals surface area contributed by atoms with E-state index >= 15 is 0 Å². The third-order valence-corrected chi connectivity index (χ3v) is 9.59. The number of urea groups is 1. The van der Waals surface area contributed by atoms with Crippen LogP contribution in [0.4, 0.5) is 10.5 Å². The maximum atomic E-state index is 13.4. The largest absolute Gasteiger partial charge is 0.484 e. The highest BCUT2D eigenvalue weighted by Gasteiger charge is 2.40. The molecule has 0 saturated carbocycles. The minimum absolute atomic E-state index is 0.150. The van der Waals surface area contributed by atoms with Crippen molar-refractivity contribution in [1.82, 2.24) is 30.1 Å². The molecule has 3 atom stereocenters. The number of carbonyl (C=O) groups excluding carboxylic acids is 2. The van der Waals surface area contributed by atoms with Gasteiger partial charge in [-0.1, -0.05) is 45.0 Å². The summed E-state index contributed by atoms with van der Waals surface area (Å²) >= 11 is 0. The van der Waals surface area contributed by atoms with Crippen LogP contribution < -0.4 is 20.7 Å². The number of pyridine rings is 1. The number of aromatic nitrogens is 3. The lowest BCUT2D eigenvalue weighted by Crippen LogP contribution is -2.37. The van der Waals surface area contributed by atoms with Crippen LogP contribution in [-0.2, 0) is 11.0 Å². The lowest BCUT2D eigenvalue weighted by Gasteiger charge is -2.32. The monoisotopic (exact) mass is 639 g/mol. The van der Waals surface area contributed by atoms with E-state index in [1.165, 1.54) is 0 Å². The number of aliphatic hydroxyl groups excluding tert-OH is 1. The summed E-state index contributed by atoms with van der Waals surface area (Å²) in [7, 11) is 2.14. The number of nitrogens with zero attached hydrogens (tertiary/aromatic N) is 4. The maximum Gasteiger partial charge on any atom is 0.319 e. The zero-order chi connectivity index (χ0) is 33.3. The standard InChI is InChI=1S/C36H45N7O4/c1-35(2,3)24-19-23(32(45)37-16-18-44)20-25(21-24)38-34(46)39-29-12-13-30(28-10-7-6-9-27(28)29)47-26-11-14-31-40-41-33(43(31)22-26)36(4)15-8-17-42(36)5/h6-7,9-11,14,19-22,29-30,44H,8,12-13,15-18H2,1-5H3,(H,37,45)(H2,38,39,46)/t29-,30+,36?/m0/s1. The normalized spacial score (nSPS) is 21.3. The summed E-state index contributed by atoms with van der Waals surface area (Å²) in [6.07, 6.45) is 5.36. The van der Waals surface area contributed by atoms with E-state index in [2.05, 4.69) is 76.3 Å². The number of amides is 3. The van der Waals surface area contributed by atoms with Gasteiger partial charge < -0.3 is 25.8 Å². The van der Waals surface area contributed by atoms with E-state index in [-0.39, 0.29) is 48.2 Å². The Hall–Kier alpha value is -4.48. The summed E-state index contributed by atoms with van der Waals surface area (Å²) < 4.78 is 8.67. The fourth-order valence-electron chi connectivity index (χ4n) is 6.74. The van der Waals surface area contributed by atoms with Gasteiger partial charge in [0.25, 0.3) is 5.91 Å². The van der Waals surface area contributed by atoms with Gasteiger partial charge in [0.2, 0.25) is 0 Å². The number of nitrogens with one attached hydrogen (secondary N) is 3. The Bertz CT molecular complexity index is 1780. The van der Waals surface area contributed by atoms with Gasteiger partial charge in [-0.05, 0) is 98.6 Å². The molecule has 2 aromatic carbocycles. The molecule has 1 fully saturated rings. The van der Waals surface area contributed by atoms with E-state index in [0.29, 0.717) is 24.1 Å². The van der Waals surface area contributed by atoms with Crippen LogP contribution >= 0.6 is 0 Å². The summed E-state index contributed by atoms with van der Waals surface area (Å²) in [6, 6.07) is 16.8. The number of carbonyl (C=O) groups is 2. The zero-order valence-corrected chi connectivity index (χ0v) is 27.8. The van der Waals surface area contributed by atoms with Gasteiger partial charge in [0.05, 0.1) is 24.4 Å². The van der Waals surface area contributed by atoms with Crippen molar-refractivity contribution in [3.05, 3.63) is 88.9 Å². The molecular weight excluding hydrogens is 594 g/mol. The first-order valence-corrected chi connectivity index (χ1v) is 16.4. The number of hydrogen-bond acceptors (Lipinski definition) is 7. The van der Waals surface area contributed by atoms with Crippen LogP contribution in [0.25, 0.3) is 5.65 Å². The Labute approximate surface area is 275 Å². The zero-order valence-electron chi connectivity index (χ0n) is 27.8. The van der Waals surface area contributed by atoms with Gasteiger partial charge in [0.1, 0.15) is 11.9 Å². The molecule has 1 unspecified atom stereocenters. The predicted molar refractivity (Wildman–Crippen MR) is 181 cm³/mol. The molecule has 3 amide bonds. The first kappa shape index (κ1) is 32.5. The van der Waals surface area contributed by atoms with Gasteiger partial charge in [0, 0.05) is 17.8 Å². The van der Waals surface area contributed by atoms with Crippen LogP contribution in [0.3, 0.4) is 0 Å². The minimum atomic E-state index is -0.354. The minimum Gasteiger partial charge on any atom is -0.484 e. The number of anilines is 1. The van der Waals surface area contributed by atoms with Gasteiger partial charge in [0.15, 0.2) is 11.5 Å². The van der Waals surface area contributed by atoms with Gasteiger partial charge >= 0.3 is 6.03 Å². The molecule has 4 aromatic rings. The molecule has 47 heavy (non-hydrogen) atoms. The molecule has 2 aliphatic rings. The fourth-order valence-corrected chi connectivity index (χ4v) is 6.74. The highest BCUT2D eigenvalue weighted by atomic mass is 16.5. The Morgan fingerprint density at radius 2 is 1.85 bits per heavy atom. The van der Waals surface area contributed by atoms with Crippen LogP contribution in [0, 0.1) is 0 Å². The van der Waals surface area contributed by atoms with Crippen LogP contribution in [0.5, 0.6) is 5.75 Å². The molecule has 11 heteroatoms. The second-order valence-corrected chi connectivity index (χ2v) is 13.9. The Balaban J connectivity index is 1.18. The van der Waals surface area contributed by atoms with Crippen molar-refractivity contribution < 1.29 is 19.4 Å². The Morgan fingerprint density at radius 3 is 2.57 bits per heavy atom. The molecule has 0 radical (unpaired) electrons. The van der Waals surface area contributed by atoms with Gasteiger partial charge in [-0.25, -0.2) is 4.79 Å². The second kappa shape index (κ2) is 13.0. The SMILES string of the molecule is CN1CCCC1(C)c1nnc2ccc(O[C@@H]3CC[C@H](NC(=O)Nc4cc(C(=O)NCCO)cc(C(C)(C)C)c4)c4ccccc43)cn12. The number of likely N-dealkylation sites (tertiary alicyclic amines) is 1. The molecule has 0 bridgehead atoms. The molecule has 1 aliphatic heterocycles. The maximum absolute atomic E-state index is 13.4. The first-order chi connectivity index (χ1) is 22.5.